The van der Waals surface area contributed by atoms with Crippen molar-refractivity contribution in [2.75, 3.05) is 12.3 Å². The van der Waals surface area contributed by atoms with Crippen LogP contribution >= 0.6 is 35.0 Å². The van der Waals surface area contributed by atoms with Crippen LogP contribution in [-0.4, -0.2) is 35.1 Å². The van der Waals surface area contributed by atoms with Gasteiger partial charge in [0.1, 0.15) is 6.04 Å². The molecule has 0 aromatic heterocycles. The number of nitrogens with zero attached hydrogens (tertiary/aromatic N) is 1. The van der Waals surface area contributed by atoms with Gasteiger partial charge in [0.15, 0.2) is 0 Å². The Morgan fingerprint density at radius 1 is 1.07 bits per heavy atom. The highest BCUT2D eigenvalue weighted by molar-refractivity contribution is 7.99. The van der Waals surface area contributed by atoms with Gasteiger partial charge in [0.25, 0.3) is 0 Å². The first kappa shape index (κ1) is 22.6. The van der Waals surface area contributed by atoms with Crippen LogP contribution in [-0.2, 0) is 21.9 Å². The third kappa shape index (κ3) is 6.73. The third-order valence-corrected chi connectivity index (χ3v) is 5.92. The van der Waals surface area contributed by atoms with Crippen molar-refractivity contribution in [1.29, 1.82) is 0 Å². The quantitative estimate of drug-likeness (QED) is 0.612. The molecule has 0 spiro atoms. The Morgan fingerprint density at radius 2 is 1.79 bits per heavy atom. The number of benzene rings is 2. The molecule has 2 amide bonds. The van der Waals surface area contributed by atoms with Gasteiger partial charge in [0, 0.05) is 18.8 Å². The summed E-state index contributed by atoms with van der Waals surface area (Å²) < 4.78 is 0. The molecular formula is C21H24Cl2N2O2S. The number of carbonyl (C=O) groups excluding carboxylic acids is 2. The Bertz CT molecular complexity index is 802. The van der Waals surface area contributed by atoms with Crippen LogP contribution in [0.25, 0.3) is 0 Å². The van der Waals surface area contributed by atoms with Crippen LogP contribution in [0.2, 0.25) is 10.0 Å². The van der Waals surface area contributed by atoms with Gasteiger partial charge in [-0.2, -0.15) is 0 Å². The van der Waals surface area contributed by atoms with E-state index in [2.05, 4.69) is 5.32 Å². The third-order valence-electron chi connectivity index (χ3n) is 4.19. The lowest BCUT2D eigenvalue weighted by atomic mass is 10.1. The number of nitrogens with one attached hydrogen (secondary N) is 1. The second-order valence-electron chi connectivity index (χ2n) is 6.32. The minimum atomic E-state index is -0.543. The maximum atomic E-state index is 12.9. The molecule has 7 heteroatoms. The molecule has 0 unspecified atom stereocenters. The fourth-order valence-corrected chi connectivity index (χ4v) is 3.83. The summed E-state index contributed by atoms with van der Waals surface area (Å²) in [5, 5.41) is 3.81. The van der Waals surface area contributed by atoms with Gasteiger partial charge in [0.05, 0.1) is 15.8 Å². The van der Waals surface area contributed by atoms with Crippen LogP contribution < -0.4 is 5.32 Å². The summed E-state index contributed by atoms with van der Waals surface area (Å²) in [6.07, 6.45) is 0. The lowest BCUT2D eigenvalue weighted by Crippen LogP contribution is -2.48. The van der Waals surface area contributed by atoms with Crippen LogP contribution in [0.3, 0.4) is 0 Å². The Labute approximate surface area is 180 Å². The van der Waals surface area contributed by atoms with E-state index in [1.807, 2.05) is 43.3 Å². The summed E-state index contributed by atoms with van der Waals surface area (Å²) in [5.41, 5.74) is 1.99. The molecule has 0 aliphatic rings. The molecule has 150 valence electrons. The second-order valence-corrected chi connectivity index (χ2v) is 8.12. The monoisotopic (exact) mass is 438 g/mol. The molecule has 0 bridgehead atoms. The van der Waals surface area contributed by atoms with Crippen LogP contribution in [0.15, 0.2) is 48.5 Å². The van der Waals surface area contributed by atoms with Gasteiger partial charge in [-0.05, 0) is 37.1 Å². The second kappa shape index (κ2) is 11.3. The minimum absolute atomic E-state index is 0.0762. The summed E-state index contributed by atoms with van der Waals surface area (Å²) in [6.45, 7) is 4.55. The smallest absolute Gasteiger partial charge is 0.242 e. The molecule has 4 nitrogen and oxygen atoms in total. The van der Waals surface area contributed by atoms with Crippen molar-refractivity contribution in [2.24, 2.45) is 0 Å². The maximum absolute atomic E-state index is 12.9. The van der Waals surface area contributed by atoms with E-state index in [4.69, 9.17) is 23.2 Å². The highest BCUT2D eigenvalue weighted by Crippen LogP contribution is 2.25. The van der Waals surface area contributed by atoms with Crippen LogP contribution in [0.5, 0.6) is 0 Å². The summed E-state index contributed by atoms with van der Waals surface area (Å²) in [6, 6.07) is 14.6. The zero-order chi connectivity index (χ0) is 20.5. The van der Waals surface area contributed by atoms with Gasteiger partial charge in [-0.3, -0.25) is 9.59 Å². The number of amides is 2. The van der Waals surface area contributed by atoms with Gasteiger partial charge in [-0.25, -0.2) is 0 Å². The minimum Gasteiger partial charge on any atom is -0.355 e. The van der Waals surface area contributed by atoms with Crippen LogP contribution in [0.4, 0.5) is 0 Å². The van der Waals surface area contributed by atoms with Gasteiger partial charge >= 0.3 is 0 Å². The molecule has 1 atom stereocenters. The SMILES string of the molecule is CCNC(=O)[C@@H](C)N(Cc1ccccc1)C(=O)CSCc1ccc(Cl)c(Cl)c1. The van der Waals surface area contributed by atoms with Crippen molar-refractivity contribution >= 4 is 46.8 Å². The lowest BCUT2D eigenvalue weighted by molar-refractivity contribution is -0.138. The normalized spacial score (nSPS) is 11.7. The number of carbonyl (C=O) groups is 2. The molecular weight excluding hydrogens is 415 g/mol. The Morgan fingerprint density at radius 3 is 2.43 bits per heavy atom. The Kier molecular flexibility index (Phi) is 9.16. The Hall–Kier alpha value is -1.69. The van der Waals surface area contributed by atoms with Gasteiger partial charge in [-0.15, -0.1) is 11.8 Å². The predicted molar refractivity (Wildman–Crippen MR) is 118 cm³/mol. The summed E-state index contributed by atoms with van der Waals surface area (Å²) in [5.74, 6) is 0.683. The predicted octanol–water partition coefficient (Wildman–Crippen LogP) is 4.78. The standard InChI is InChI=1S/C21H24Cl2N2O2S/c1-3-24-21(27)15(2)25(12-16-7-5-4-6-8-16)20(26)14-28-13-17-9-10-18(22)19(23)11-17/h4-11,15H,3,12-14H2,1-2H3,(H,24,27)/t15-/m1/s1. The van der Waals surface area contributed by atoms with Crippen molar-refractivity contribution in [2.45, 2.75) is 32.2 Å². The van der Waals surface area contributed by atoms with E-state index >= 15 is 0 Å². The molecule has 0 heterocycles. The number of hydrogen-bond donors (Lipinski definition) is 1. The fraction of sp³-hybridized carbons (Fsp3) is 0.333. The molecule has 0 saturated carbocycles. The molecule has 2 aromatic carbocycles. The van der Waals surface area contributed by atoms with E-state index in [1.165, 1.54) is 11.8 Å². The largest absolute Gasteiger partial charge is 0.355 e. The van der Waals surface area contributed by atoms with E-state index in [1.54, 1.807) is 24.0 Å². The summed E-state index contributed by atoms with van der Waals surface area (Å²) in [4.78, 5) is 26.8. The van der Waals surface area contributed by atoms with E-state index in [-0.39, 0.29) is 17.6 Å². The van der Waals surface area contributed by atoms with Gasteiger partial charge < -0.3 is 10.2 Å². The summed E-state index contributed by atoms with van der Waals surface area (Å²) in [7, 11) is 0. The van der Waals surface area contributed by atoms with E-state index in [0.717, 1.165) is 11.1 Å². The highest BCUT2D eigenvalue weighted by atomic mass is 35.5. The first-order valence-corrected chi connectivity index (χ1v) is 11.0. The Balaban J connectivity index is 2.02. The highest BCUT2D eigenvalue weighted by Gasteiger charge is 2.25. The van der Waals surface area contributed by atoms with Crippen molar-refractivity contribution in [3.63, 3.8) is 0 Å². The fourth-order valence-electron chi connectivity index (χ4n) is 2.65. The van der Waals surface area contributed by atoms with Crippen LogP contribution in [0, 0.1) is 0 Å². The molecule has 2 aromatic rings. The molecule has 0 aliphatic heterocycles. The molecule has 1 N–H and O–H groups in total. The molecule has 28 heavy (non-hydrogen) atoms. The zero-order valence-electron chi connectivity index (χ0n) is 16.0. The molecule has 0 saturated heterocycles. The average Bonchev–Trinajstić information content (AvgIpc) is 2.69. The first-order valence-electron chi connectivity index (χ1n) is 9.05. The average molecular weight is 439 g/mol. The van der Waals surface area contributed by atoms with Crippen molar-refractivity contribution in [3.05, 3.63) is 69.7 Å². The van der Waals surface area contributed by atoms with E-state index in [9.17, 15) is 9.59 Å². The van der Waals surface area contributed by atoms with Crippen molar-refractivity contribution in [3.8, 4) is 0 Å². The molecule has 0 radical (unpaired) electrons. The van der Waals surface area contributed by atoms with Crippen molar-refractivity contribution < 1.29 is 9.59 Å². The van der Waals surface area contributed by atoms with Gasteiger partial charge in [0.2, 0.25) is 11.8 Å². The van der Waals surface area contributed by atoms with E-state index in [0.29, 0.717) is 28.9 Å². The van der Waals surface area contributed by atoms with E-state index < -0.39 is 6.04 Å². The number of hydrogen-bond acceptors (Lipinski definition) is 3. The molecule has 0 fully saturated rings. The zero-order valence-corrected chi connectivity index (χ0v) is 18.3. The topological polar surface area (TPSA) is 49.4 Å². The van der Waals surface area contributed by atoms with Gasteiger partial charge in [-0.1, -0.05) is 59.6 Å². The number of likely N-dealkylation sites (N-methyl/N-ethyl adjacent to an activating group) is 1. The summed E-state index contributed by atoms with van der Waals surface area (Å²) >= 11 is 13.5. The maximum Gasteiger partial charge on any atom is 0.242 e. The number of rotatable bonds is 9. The lowest BCUT2D eigenvalue weighted by Gasteiger charge is -2.28. The van der Waals surface area contributed by atoms with Crippen molar-refractivity contribution in [1.82, 2.24) is 10.2 Å². The van der Waals surface area contributed by atoms with Crippen LogP contribution in [0.1, 0.15) is 25.0 Å². The number of thioether (sulfide) groups is 1. The number of halogens is 2. The molecule has 2 rings (SSSR count). The molecule has 0 aliphatic carbocycles. The first-order chi connectivity index (χ1) is 13.4.